The minimum atomic E-state index is 0.748. The Morgan fingerprint density at radius 1 is 1.30 bits per heavy atom. The summed E-state index contributed by atoms with van der Waals surface area (Å²) < 4.78 is 7.12. The van der Waals surface area contributed by atoms with Gasteiger partial charge >= 0.3 is 0 Å². The second-order valence-electron chi connectivity index (χ2n) is 6.01. The second kappa shape index (κ2) is 7.77. The van der Waals surface area contributed by atoms with Crippen molar-refractivity contribution in [2.75, 3.05) is 18.1 Å². The normalized spacial score (nSPS) is 13.8. The number of hydrogen-bond donors (Lipinski definition) is 0. The number of hydrogen-bond acceptors (Lipinski definition) is 4. The van der Waals surface area contributed by atoms with Crippen LogP contribution in [0.2, 0.25) is 0 Å². The van der Waals surface area contributed by atoms with Crippen LogP contribution in [0.4, 0.5) is 5.82 Å². The molecule has 2 aromatic rings. The van der Waals surface area contributed by atoms with Crippen molar-refractivity contribution < 1.29 is 4.74 Å². The molecule has 1 heterocycles. The first-order valence-corrected chi connectivity index (χ1v) is 8.99. The first-order valence-electron chi connectivity index (χ1n) is 8.20. The Labute approximate surface area is 146 Å². The highest BCUT2D eigenvalue weighted by molar-refractivity contribution is 9.10. The molecule has 0 amide bonds. The van der Waals surface area contributed by atoms with Crippen molar-refractivity contribution in [1.29, 1.82) is 0 Å². The summed E-state index contributed by atoms with van der Waals surface area (Å²) >= 11 is 3.57. The number of nitrogens with zero attached hydrogens (tertiary/aromatic N) is 3. The summed E-state index contributed by atoms with van der Waals surface area (Å²) in [4.78, 5) is 2.25. The SMILES string of the molecule is CCCN(Cc1cc(Br)ccc1OCC1CC1)c1cccnn1. The van der Waals surface area contributed by atoms with E-state index in [1.165, 1.54) is 18.4 Å². The van der Waals surface area contributed by atoms with Gasteiger partial charge in [-0.2, -0.15) is 5.10 Å². The van der Waals surface area contributed by atoms with E-state index in [9.17, 15) is 0 Å². The molecule has 1 saturated carbocycles. The Bertz CT molecular complexity index is 631. The van der Waals surface area contributed by atoms with Crippen LogP contribution in [-0.4, -0.2) is 23.3 Å². The quantitative estimate of drug-likeness (QED) is 0.683. The maximum absolute atomic E-state index is 6.05. The molecule has 0 spiro atoms. The van der Waals surface area contributed by atoms with Gasteiger partial charge in [-0.1, -0.05) is 22.9 Å². The fourth-order valence-electron chi connectivity index (χ4n) is 2.52. The highest BCUT2D eigenvalue weighted by Crippen LogP contribution is 2.32. The lowest BCUT2D eigenvalue weighted by atomic mass is 10.2. The average Bonchev–Trinajstić information content (AvgIpc) is 3.39. The zero-order chi connectivity index (χ0) is 16.1. The summed E-state index contributed by atoms with van der Waals surface area (Å²) in [5.74, 6) is 2.63. The molecule has 0 N–H and O–H groups in total. The third kappa shape index (κ3) is 4.67. The lowest BCUT2D eigenvalue weighted by molar-refractivity contribution is 0.296. The molecule has 0 unspecified atom stereocenters. The first-order chi connectivity index (χ1) is 11.3. The zero-order valence-corrected chi connectivity index (χ0v) is 15.0. The third-order valence-corrected chi connectivity index (χ3v) is 4.42. The van der Waals surface area contributed by atoms with Crippen LogP contribution < -0.4 is 9.64 Å². The van der Waals surface area contributed by atoms with Gasteiger partial charge in [0.15, 0.2) is 5.82 Å². The van der Waals surface area contributed by atoms with Crippen molar-refractivity contribution in [2.24, 2.45) is 5.92 Å². The Hall–Kier alpha value is -1.62. The lowest BCUT2D eigenvalue weighted by Crippen LogP contribution is -2.25. The molecule has 1 aromatic heterocycles. The van der Waals surface area contributed by atoms with Gasteiger partial charge in [-0.15, -0.1) is 5.10 Å². The smallest absolute Gasteiger partial charge is 0.151 e. The number of benzene rings is 1. The monoisotopic (exact) mass is 375 g/mol. The zero-order valence-electron chi connectivity index (χ0n) is 13.4. The molecule has 0 aliphatic heterocycles. The summed E-state index contributed by atoms with van der Waals surface area (Å²) in [7, 11) is 0. The summed E-state index contributed by atoms with van der Waals surface area (Å²) in [5, 5.41) is 8.26. The Morgan fingerprint density at radius 3 is 2.87 bits per heavy atom. The lowest BCUT2D eigenvalue weighted by Gasteiger charge is -2.24. The summed E-state index contributed by atoms with van der Waals surface area (Å²) in [6, 6.07) is 10.2. The van der Waals surface area contributed by atoms with E-state index in [0.29, 0.717) is 0 Å². The highest BCUT2D eigenvalue weighted by atomic mass is 79.9. The van der Waals surface area contributed by atoms with Crippen LogP contribution in [0.15, 0.2) is 41.0 Å². The highest BCUT2D eigenvalue weighted by Gasteiger charge is 2.22. The van der Waals surface area contributed by atoms with E-state index in [4.69, 9.17) is 4.74 Å². The predicted molar refractivity (Wildman–Crippen MR) is 95.7 cm³/mol. The van der Waals surface area contributed by atoms with E-state index in [1.807, 2.05) is 18.2 Å². The standard InChI is InChI=1S/C18H22BrN3O/c1-2-10-22(18-4-3-9-20-21-18)12-15-11-16(19)7-8-17(15)23-13-14-5-6-14/h3-4,7-9,11,14H,2,5-6,10,12-13H2,1H3. The Kier molecular flexibility index (Phi) is 5.49. The molecular weight excluding hydrogens is 354 g/mol. The minimum Gasteiger partial charge on any atom is -0.493 e. The van der Waals surface area contributed by atoms with E-state index in [2.05, 4.69) is 50.1 Å². The molecule has 122 valence electrons. The molecule has 0 saturated heterocycles. The molecule has 0 atom stereocenters. The minimum absolute atomic E-state index is 0.748. The van der Waals surface area contributed by atoms with Crippen LogP contribution in [0.3, 0.4) is 0 Å². The van der Waals surface area contributed by atoms with Crippen molar-refractivity contribution >= 4 is 21.7 Å². The van der Waals surface area contributed by atoms with Crippen molar-refractivity contribution in [2.45, 2.75) is 32.7 Å². The largest absolute Gasteiger partial charge is 0.493 e. The molecule has 0 bridgehead atoms. The maximum Gasteiger partial charge on any atom is 0.151 e. The molecule has 3 rings (SSSR count). The predicted octanol–water partition coefficient (Wildman–Crippen LogP) is 4.44. The van der Waals surface area contributed by atoms with E-state index in [0.717, 1.165) is 48.1 Å². The van der Waals surface area contributed by atoms with Crippen LogP contribution in [-0.2, 0) is 6.54 Å². The molecular formula is C18H22BrN3O. The molecule has 1 aliphatic rings. The first kappa shape index (κ1) is 16.2. The fraction of sp³-hybridized carbons (Fsp3) is 0.444. The Balaban J connectivity index is 1.79. The second-order valence-corrected chi connectivity index (χ2v) is 6.93. The van der Waals surface area contributed by atoms with Crippen molar-refractivity contribution in [3.63, 3.8) is 0 Å². The average molecular weight is 376 g/mol. The van der Waals surface area contributed by atoms with Crippen molar-refractivity contribution in [3.8, 4) is 5.75 Å². The van der Waals surface area contributed by atoms with Gasteiger partial charge in [0.1, 0.15) is 5.75 Å². The van der Waals surface area contributed by atoms with Gasteiger partial charge in [-0.05, 0) is 55.5 Å². The van der Waals surface area contributed by atoms with Crippen LogP contribution >= 0.6 is 15.9 Å². The van der Waals surface area contributed by atoms with Crippen LogP contribution in [0.25, 0.3) is 0 Å². The van der Waals surface area contributed by atoms with Crippen LogP contribution in [0.1, 0.15) is 31.7 Å². The number of ether oxygens (including phenoxy) is 1. The van der Waals surface area contributed by atoms with Gasteiger partial charge < -0.3 is 9.64 Å². The summed E-state index contributed by atoms with van der Waals surface area (Å²) in [6.07, 6.45) is 5.36. The molecule has 4 nitrogen and oxygen atoms in total. The van der Waals surface area contributed by atoms with Gasteiger partial charge in [-0.3, -0.25) is 0 Å². The number of halogens is 1. The van der Waals surface area contributed by atoms with E-state index in [-0.39, 0.29) is 0 Å². The fourth-order valence-corrected chi connectivity index (χ4v) is 2.93. The van der Waals surface area contributed by atoms with Gasteiger partial charge in [0.05, 0.1) is 6.61 Å². The van der Waals surface area contributed by atoms with Crippen LogP contribution in [0.5, 0.6) is 5.75 Å². The number of anilines is 1. The molecule has 1 aliphatic carbocycles. The van der Waals surface area contributed by atoms with Gasteiger partial charge in [0, 0.05) is 29.3 Å². The maximum atomic E-state index is 6.05. The van der Waals surface area contributed by atoms with Gasteiger partial charge in [0.25, 0.3) is 0 Å². The van der Waals surface area contributed by atoms with Crippen LogP contribution in [0, 0.1) is 5.92 Å². The third-order valence-electron chi connectivity index (χ3n) is 3.93. The number of aromatic nitrogens is 2. The molecule has 0 radical (unpaired) electrons. The molecule has 23 heavy (non-hydrogen) atoms. The molecule has 5 heteroatoms. The van der Waals surface area contributed by atoms with Gasteiger partial charge in [-0.25, -0.2) is 0 Å². The number of rotatable bonds is 8. The Morgan fingerprint density at radius 2 is 2.17 bits per heavy atom. The summed E-state index contributed by atoms with van der Waals surface area (Å²) in [6.45, 7) is 4.71. The topological polar surface area (TPSA) is 38.2 Å². The van der Waals surface area contributed by atoms with E-state index in [1.54, 1.807) is 6.20 Å². The van der Waals surface area contributed by atoms with Crippen molar-refractivity contribution in [1.82, 2.24) is 10.2 Å². The van der Waals surface area contributed by atoms with Gasteiger partial charge in [0.2, 0.25) is 0 Å². The molecule has 1 fully saturated rings. The van der Waals surface area contributed by atoms with E-state index < -0.39 is 0 Å². The molecule has 1 aromatic carbocycles. The van der Waals surface area contributed by atoms with E-state index >= 15 is 0 Å². The van der Waals surface area contributed by atoms with Crippen molar-refractivity contribution in [3.05, 3.63) is 46.6 Å². The summed E-state index contributed by atoms with van der Waals surface area (Å²) in [5.41, 5.74) is 1.18.